The molecule has 2 N–H and O–H groups in total. The average molecular weight is 252 g/mol. The van der Waals surface area contributed by atoms with Crippen LogP contribution in [0.2, 0.25) is 0 Å². The van der Waals surface area contributed by atoms with E-state index in [1.807, 2.05) is 13.0 Å². The molecule has 2 aromatic rings. The molecule has 1 aromatic heterocycles. The average Bonchev–Trinajstić information content (AvgIpc) is 2.36. The molecule has 0 radical (unpaired) electrons. The van der Waals surface area contributed by atoms with Crippen LogP contribution < -0.4 is 10.6 Å². The fourth-order valence-corrected chi connectivity index (χ4v) is 1.94. The summed E-state index contributed by atoms with van der Waals surface area (Å²) < 4.78 is 0. The topological polar surface area (TPSA) is 49.8 Å². The van der Waals surface area contributed by atoms with E-state index in [9.17, 15) is 0 Å². The van der Waals surface area contributed by atoms with Gasteiger partial charge in [0, 0.05) is 25.0 Å². The molecule has 0 aliphatic carbocycles. The fraction of sp³-hybridized carbons (Fsp3) is 0.200. The normalized spacial score (nSPS) is 13.8. The first-order chi connectivity index (χ1) is 9.29. The van der Waals surface area contributed by atoms with Crippen molar-refractivity contribution in [3.63, 3.8) is 0 Å². The molecule has 2 heterocycles. The SMILES string of the molecule is Cc1nccc(Nc2ccc(C=C3CNC3)cc2)n1. The van der Waals surface area contributed by atoms with E-state index in [2.05, 4.69) is 50.9 Å². The van der Waals surface area contributed by atoms with Gasteiger partial charge in [0.2, 0.25) is 0 Å². The van der Waals surface area contributed by atoms with Crippen molar-refractivity contribution in [2.45, 2.75) is 6.92 Å². The number of aryl methyl sites for hydroxylation is 1. The molecule has 0 atom stereocenters. The largest absolute Gasteiger partial charge is 0.340 e. The van der Waals surface area contributed by atoms with Gasteiger partial charge in [-0.25, -0.2) is 9.97 Å². The molecule has 1 aliphatic heterocycles. The van der Waals surface area contributed by atoms with Crippen molar-refractivity contribution in [1.29, 1.82) is 0 Å². The minimum Gasteiger partial charge on any atom is -0.340 e. The maximum Gasteiger partial charge on any atom is 0.134 e. The Morgan fingerprint density at radius 1 is 1.16 bits per heavy atom. The van der Waals surface area contributed by atoms with E-state index in [0.717, 1.165) is 30.4 Å². The molecule has 0 spiro atoms. The molecule has 1 aliphatic rings. The summed E-state index contributed by atoms with van der Waals surface area (Å²) in [4.78, 5) is 8.40. The number of anilines is 2. The molecule has 0 amide bonds. The van der Waals surface area contributed by atoms with Gasteiger partial charge < -0.3 is 10.6 Å². The van der Waals surface area contributed by atoms with Crippen LogP contribution in [0.3, 0.4) is 0 Å². The molecule has 1 fully saturated rings. The van der Waals surface area contributed by atoms with Gasteiger partial charge in [-0.05, 0) is 36.3 Å². The Bertz CT molecular complexity index is 596. The van der Waals surface area contributed by atoms with Gasteiger partial charge in [0.25, 0.3) is 0 Å². The maximum absolute atomic E-state index is 4.32. The van der Waals surface area contributed by atoms with Gasteiger partial charge in [0.1, 0.15) is 11.6 Å². The number of hydrogen-bond donors (Lipinski definition) is 2. The second kappa shape index (κ2) is 5.20. The lowest BCUT2D eigenvalue weighted by Crippen LogP contribution is -2.33. The monoisotopic (exact) mass is 252 g/mol. The number of nitrogens with zero attached hydrogens (tertiary/aromatic N) is 2. The van der Waals surface area contributed by atoms with E-state index in [4.69, 9.17) is 0 Å². The molecule has 1 aromatic carbocycles. The Hall–Kier alpha value is -2.20. The summed E-state index contributed by atoms with van der Waals surface area (Å²) in [6, 6.07) is 10.2. The van der Waals surface area contributed by atoms with Crippen LogP contribution in [0.5, 0.6) is 0 Å². The van der Waals surface area contributed by atoms with Crippen molar-refractivity contribution < 1.29 is 0 Å². The highest BCUT2D eigenvalue weighted by molar-refractivity contribution is 5.61. The highest BCUT2D eigenvalue weighted by Crippen LogP contribution is 2.17. The Labute approximate surface area is 112 Å². The molecule has 0 bridgehead atoms. The van der Waals surface area contributed by atoms with Crippen molar-refractivity contribution in [3.8, 4) is 0 Å². The van der Waals surface area contributed by atoms with Gasteiger partial charge in [-0.2, -0.15) is 0 Å². The van der Waals surface area contributed by atoms with Crippen LogP contribution >= 0.6 is 0 Å². The van der Waals surface area contributed by atoms with E-state index in [-0.39, 0.29) is 0 Å². The summed E-state index contributed by atoms with van der Waals surface area (Å²) in [5, 5.41) is 6.51. The molecule has 0 unspecified atom stereocenters. The van der Waals surface area contributed by atoms with Crippen LogP contribution in [0.15, 0.2) is 42.1 Å². The second-order valence-electron chi connectivity index (χ2n) is 4.64. The number of rotatable bonds is 3. The summed E-state index contributed by atoms with van der Waals surface area (Å²) in [5.41, 5.74) is 3.72. The van der Waals surface area contributed by atoms with E-state index < -0.39 is 0 Å². The molecule has 1 saturated heterocycles. The highest BCUT2D eigenvalue weighted by atomic mass is 15.0. The third kappa shape index (κ3) is 2.98. The molecule has 0 saturated carbocycles. The van der Waals surface area contributed by atoms with Crippen molar-refractivity contribution in [2.24, 2.45) is 0 Å². The molecule has 19 heavy (non-hydrogen) atoms. The minimum atomic E-state index is 0.767. The lowest BCUT2D eigenvalue weighted by molar-refractivity contribution is 0.675. The first-order valence-corrected chi connectivity index (χ1v) is 6.36. The molecule has 3 rings (SSSR count). The van der Waals surface area contributed by atoms with Crippen molar-refractivity contribution >= 4 is 17.6 Å². The minimum absolute atomic E-state index is 0.767. The second-order valence-corrected chi connectivity index (χ2v) is 4.64. The summed E-state index contributed by atoms with van der Waals surface area (Å²) in [6.07, 6.45) is 3.99. The molecular weight excluding hydrogens is 236 g/mol. The summed E-state index contributed by atoms with van der Waals surface area (Å²) in [6.45, 7) is 3.91. The van der Waals surface area contributed by atoms with Crippen LogP contribution in [0, 0.1) is 6.92 Å². The highest BCUT2D eigenvalue weighted by Gasteiger charge is 2.06. The zero-order chi connectivity index (χ0) is 13.1. The number of aromatic nitrogens is 2. The third-order valence-electron chi connectivity index (χ3n) is 3.03. The van der Waals surface area contributed by atoms with Crippen LogP contribution in [0.1, 0.15) is 11.4 Å². The van der Waals surface area contributed by atoms with E-state index in [0.29, 0.717) is 0 Å². The lowest BCUT2D eigenvalue weighted by Gasteiger charge is -2.18. The first-order valence-electron chi connectivity index (χ1n) is 6.36. The predicted octanol–water partition coefficient (Wildman–Crippen LogP) is 2.52. The number of nitrogens with one attached hydrogen (secondary N) is 2. The Balaban J connectivity index is 1.72. The number of hydrogen-bond acceptors (Lipinski definition) is 4. The summed E-state index contributed by atoms with van der Waals surface area (Å²) in [7, 11) is 0. The van der Waals surface area contributed by atoms with Crippen LogP contribution in [-0.2, 0) is 0 Å². The standard InChI is InChI=1S/C15H16N4/c1-11-17-7-6-15(18-11)19-14-4-2-12(3-5-14)8-13-9-16-10-13/h2-8,16H,9-10H2,1H3,(H,17,18,19). The Kier molecular flexibility index (Phi) is 3.25. The van der Waals surface area contributed by atoms with Crippen molar-refractivity contribution in [3.05, 3.63) is 53.5 Å². The van der Waals surface area contributed by atoms with E-state index in [1.165, 1.54) is 11.1 Å². The van der Waals surface area contributed by atoms with Gasteiger partial charge in [0.05, 0.1) is 0 Å². The maximum atomic E-state index is 4.32. The molecule has 4 nitrogen and oxygen atoms in total. The van der Waals surface area contributed by atoms with E-state index >= 15 is 0 Å². The lowest BCUT2D eigenvalue weighted by atomic mass is 10.1. The number of benzene rings is 1. The van der Waals surface area contributed by atoms with Crippen molar-refractivity contribution in [2.75, 3.05) is 18.4 Å². The molecular formula is C15H16N4. The first kappa shape index (κ1) is 11.9. The van der Waals surface area contributed by atoms with Gasteiger partial charge in [-0.3, -0.25) is 0 Å². The van der Waals surface area contributed by atoms with Gasteiger partial charge >= 0.3 is 0 Å². The molecule has 96 valence electrons. The zero-order valence-corrected chi connectivity index (χ0v) is 10.9. The van der Waals surface area contributed by atoms with E-state index in [1.54, 1.807) is 6.20 Å². The van der Waals surface area contributed by atoms with Gasteiger partial charge in [0.15, 0.2) is 0 Å². The van der Waals surface area contributed by atoms with Gasteiger partial charge in [-0.1, -0.05) is 18.2 Å². The predicted molar refractivity (Wildman–Crippen MR) is 77.3 cm³/mol. The summed E-state index contributed by atoms with van der Waals surface area (Å²) >= 11 is 0. The van der Waals surface area contributed by atoms with Crippen LogP contribution in [0.4, 0.5) is 11.5 Å². The third-order valence-corrected chi connectivity index (χ3v) is 3.03. The quantitative estimate of drug-likeness (QED) is 0.881. The zero-order valence-electron chi connectivity index (χ0n) is 10.9. The van der Waals surface area contributed by atoms with Crippen molar-refractivity contribution in [1.82, 2.24) is 15.3 Å². The molecule has 4 heteroatoms. The smallest absolute Gasteiger partial charge is 0.134 e. The Morgan fingerprint density at radius 3 is 2.58 bits per heavy atom. The van der Waals surface area contributed by atoms with Gasteiger partial charge in [-0.15, -0.1) is 0 Å². The fourth-order valence-electron chi connectivity index (χ4n) is 1.94. The van der Waals surface area contributed by atoms with Crippen LogP contribution in [-0.4, -0.2) is 23.1 Å². The van der Waals surface area contributed by atoms with Crippen LogP contribution in [0.25, 0.3) is 6.08 Å². The summed E-state index contributed by atoms with van der Waals surface area (Å²) in [5.74, 6) is 1.59. The Morgan fingerprint density at radius 2 is 1.95 bits per heavy atom.